The van der Waals surface area contributed by atoms with E-state index in [4.69, 9.17) is 21.1 Å². The summed E-state index contributed by atoms with van der Waals surface area (Å²) in [5, 5.41) is 7.56. The van der Waals surface area contributed by atoms with Crippen LogP contribution in [0.2, 0.25) is 5.02 Å². The van der Waals surface area contributed by atoms with Crippen molar-refractivity contribution < 1.29 is 14.3 Å². The highest BCUT2D eigenvalue weighted by atomic mass is 35.5. The molecule has 0 spiro atoms. The van der Waals surface area contributed by atoms with E-state index in [1.165, 1.54) is 11.1 Å². The van der Waals surface area contributed by atoms with Crippen LogP contribution in [0.15, 0.2) is 78.4 Å². The standard InChI is InChI=1S/C31H34ClN3O3/c1-22(14-23-6-3-2-4-7-23)18-34-27-17-28(35(20-27)19-25-8-5-9-26(32)15-25)31(36)33-13-12-24-10-11-29-30(16-24)38-21-37-29/h2-11,14-16,27-28,34H,12-13,17-21H2,1H3,(H,33,36)/b22-14+/t27-,28+/m1/s1. The maximum absolute atomic E-state index is 13.4. The largest absolute Gasteiger partial charge is 0.454 e. The summed E-state index contributed by atoms with van der Waals surface area (Å²) in [6.07, 6.45) is 3.69. The molecular formula is C31H34ClN3O3. The van der Waals surface area contributed by atoms with Crippen LogP contribution < -0.4 is 20.1 Å². The van der Waals surface area contributed by atoms with Crippen LogP contribution >= 0.6 is 11.6 Å². The molecule has 0 bridgehead atoms. The van der Waals surface area contributed by atoms with E-state index in [1.807, 2.05) is 54.6 Å². The smallest absolute Gasteiger partial charge is 0.237 e. The van der Waals surface area contributed by atoms with Gasteiger partial charge in [-0.15, -0.1) is 0 Å². The zero-order valence-electron chi connectivity index (χ0n) is 21.7. The highest BCUT2D eigenvalue weighted by molar-refractivity contribution is 6.30. The number of halogens is 1. The average molecular weight is 532 g/mol. The lowest BCUT2D eigenvalue weighted by atomic mass is 10.1. The van der Waals surface area contributed by atoms with Crippen molar-refractivity contribution in [2.24, 2.45) is 0 Å². The molecule has 0 aliphatic carbocycles. The maximum Gasteiger partial charge on any atom is 0.237 e. The number of benzene rings is 3. The number of ether oxygens (including phenoxy) is 2. The molecule has 2 atom stereocenters. The number of likely N-dealkylation sites (tertiary alicyclic amines) is 1. The molecule has 2 heterocycles. The number of hydrogen-bond acceptors (Lipinski definition) is 5. The molecule has 6 nitrogen and oxygen atoms in total. The summed E-state index contributed by atoms with van der Waals surface area (Å²) in [5.74, 6) is 1.60. The van der Waals surface area contributed by atoms with Crippen molar-refractivity contribution in [2.75, 3.05) is 26.4 Å². The zero-order valence-corrected chi connectivity index (χ0v) is 22.4. The van der Waals surface area contributed by atoms with Gasteiger partial charge in [0, 0.05) is 37.2 Å². The Morgan fingerprint density at radius 1 is 1.03 bits per heavy atom. The second-order valence-corrected chi connectivity index (χ2v) is 10.5. The first-order valence-electron chi connectivity index (χ1n) is 13.1. The molecule has 1 fully saturated rings. The molecule has 2 aliphatic heterocycles. The van der Waals surface area contributed by atoms with E-state index in [2.05, 4.69) is 46.7 Å². The summed E-state index contributed by atoms with van der Waals surface area (Å²) in [6.45, 7) is 5.22. The van der Waals surface area contributed by atoms with E-state index in [0.29, 0.717) is 18.1 Å². The summed E-state index contributed by atoms with van der Waals surface area (Å²) in [7, 11) is 0. The molecule has 38 heavy (non-hydrogen) atoms. The number of rotatable bonds is 10. The summed E-state index contributed by atoms with van der Waals surface area (Å²) in [6, 6.07) is 24.2. The molecular weight excluding hydrogens is 498 g/mol. The van der Waals surface area contributed by atoms with Crippen LogP contribution in [0.3, 0.4) is 0 Å². The maximum atomic E-state index is 13.4. The van der Waals surface area contributed by atoms with Crippen LogP contribution in [0, 0.1) is 0 Å². The summed E-state index contributed by atoms with van der Waals surface area (Å²) in [4.78, 5) is 15.6. The third kappa shape index (κ3) is 6.95. The van der Waals surface area contributed by atoms with Gasteiger partial charge in [-0.05, 0) is 60.7 Å². The number of carbonyl (C=O) groups is 1. The van der Waals surface area contributed by atoms with Gasteiger partial charge in [0.15, 0.2) is 11.5 Å². The Kier molecular flexibility index (Phi) is 8.64. The van der Waals surface area contributed by atoms with Crippen LogP contribution in [0.5, 0.6) is 11.5 Å². The lowest BCUT2D eigenvalue weighted by molar-refractivity contribution is -0.125. The zero-order chi connectivity index (χ0) is 26.3. The predicted octanol–water partition coefficient (Wildman–Crippen LogP) is 5.06. The number of nitrogens with one attached hydrogen (secondary N) is 2. The van der Waals surface area contributed by atoms with Gasteiger partial charge >= 0.3 is 0 Å². The van der Waals surface area contributed by atoms with Crippen molar-refractivity contribution in [1.29, 1.82) is 0 Å². The number of amides is 1. The minimum Gasteiger partial charge on any atom is -0.454 e. The fraction of sp³-hybridized carbons (Fsp3) is 0.323. The van der Waals surface area contributed by atoms with Gasteiger partial charge in [-0.3, -0.25) is 9.69 Å². The lowest BCUT2D eigenvalue weighted by Crippen LogP contribution is -2.43. The van der Waals surface area contributed by atoms with E-state index in [1.54, 1.807) is 0 Å². The molecule has 3 aromatic rings. The van der Waals surface area contributed by atoms with Crippen LogP contribution in [-0.2, 0) is 17.8 Å². The average Bonchev–Trinajstić information content (AvgIpc) is 3.55. The molecule has 0 aromatic heterocycles. The minimum absolute atomic E-state index is 0.0635. The van der Waals surface area contributed by atoms with Crippen molar-refractivity contribution in [3.8, 4) is 11.5 Å². The molecule has 1 amide bonds. The van der Waals surface area contributed by atoms with Crippen LogP contribution in [-0.4, -0.2) is 49.3 Å². The van der Waals surface area contributed by atoms with Gasteiger partial charge in [-0.2, -0.15) is 0 Å². The molecule has 2 aliphatic rings. The van der Waals surface area contributed by atoms with E-state index in [-0.39, 0.29) is 24.8 Å². The Morgan fingerprint density at radius 2 is 1.87 bits per heavy atom. The lowest BCUT2D eigenvalue weighted by Gasteiger charge is -2.23. The molecule has 5 rings (SSSR count). The Morgan fingerprint density at radius 3 is 2.71 bits per heavy atom. The summed E-state index contributed by atoms with van der Waals surface area (Å²) < 4.78 is 10.9. The molecule has 2 N–H and O–H groups in total. The Hall–Kier alpha value is -3.32. The Labute approximate surface area is 229 Å². The fourth-order valence-electron chi connectivity index (χ4n) is 5.10. The van der Waals surface area contributed by atoms with Crippen molar-refractivity contribution in [1.82, 2.24) is 15.5 Å². The third-order valence-electron chi connectivity index (χ3n) is 7.01. The second-order valence-electron chi connectivity index (χ2n) is 10.0. The molecule has 0 unspecified atom stereocenters. The van der Waals surface area contributed by atoms with Crippen LogP contribution in [0.25, 0.3) is 6.08 Å². The Bertz CT molecular complexity index is 1280. The highest BCUT2D eigenvalue weighted by Gasteiger charge is 2.36. The quantitative estimate of drug-likeness (QED) is 0.383. The second kappa shape index (κ2) is 12.5. The molecule has 0 radical (unpaired) electrons. The van der Waals surface area contributed by atoms with Crippen LogP contribution in [0.4, 0.5) is 0 Å². The summed E-state index contributed by atoms with van der Waals surface area (Å²) >= 11 is 6.24. The monoisotopic (exact) mass is 531 g/mol. The topological polar surface area (TPSA) is 62.8 Å². The first-order valence-corrected chi connectivity index (χ1v) is 13.5. The first-order chi connectivity index (χ1) is 18.5. The SMILES string of the molecule is C/C(=C\c1ccccc1)CN[C@@H]1C[C@@H](C(=O)NCCc2ccc3c(c2)OCO3)N(Cc2cccc(Cl)c2)C1. The van der Waals surface area contributed by atoms with Crippen molar-refractivity contribution >= 4 is 23.6 Å². The van der Waals surface area contributed by atoms with Crippen molar-refractivity contribution in [3.63, 3.8) is 0 Å². The predicted molar refractivity (Wildman–Crippen MR) is 151 cm³/mol. The van der Waals surface area contributed by atoms with Gasteiger partial charge in [0.1, 0.15) is 0 Å². The van der Waals surface area contributed by atoms with E-state index in [0.717, 1.165) is 48.6 Å². The van der Waals surface area contributed by atoms with Crippen LogP contribution in [0.1, 0.15) is 30.0 Å². The Balaban J connectivity index is 1.19. The van der Waals surface area contributed by atoms with Gasteiger partial charge in [0.05, 0.1) is 6.04 Å². The van der Waals surface area contributed by atoms with E-state index >= 15 is 0 Å². The minimum atomic E-state index is -0.207. The van der Waals surface area contributed by atoms with Gasteiger partial charge in [-0.25, -0.2) is 0 Å². The normalized spacial score (nSPS) is 19.1. The van der Waals surface area contributed by atoms with Crippen molar-refractivity contribution in [2.45, 2.75) is 38.4 Å². The summed E-state index contributed by atoms with van der Waals surface area (Å²) in [5.41, 5.74) is 4.67. The van der Waals surface area contributed by atoms with Crippen molar-refractivity contribution in [3.05, 3.63) is 100 Å². The van der Waals surface area contributed by atoms with Gasteiger partial charge in [0.2, 0.25) is 12.7 Å². The number of fused-ring (bicyclic) bond motifs is 1. The molecule has 1 saturated heterocycles. The molecule has 3 aromatic carbocycles. The van der Waals surface area contributed by atoms with Gasteiger partial charge in [0.25, 0.3) is 0 Å². The van der Waals surface area contributed by atoms with Gasteiger partial charge < -0.3 is 20.1 Å². The van der Waals surface area contributed by atoms with Gasteiger partial charge in [-0.1, -0.05) is 71.8 Å². The highest BCUT2D eigenvalue weighted by Crippen LogP contribution is 2.32. The molecule has 7 heteroatoms. The third-order valence-corrected chi connectivity index (χ3v) is 7.25. The molecule has 198 valence electrons. The first kappa shape index (κ1) is 26.3. The van der Waals surface area contributed by atoms with E-state index in [9.17, 15) is 4.79 Å². The number of carbonyl (C=O) groups excluding carboxylic acids is 1. The molecule has 0 saturated carbocycles. The number of nitrogens with zero attached hydrogens (tertiary/aromatic N) is 1. The van der Waals surface area contributed by atoms with E-state index < -0.39 is 0 Å². The number of hydrogen-bond donors (Lipinski definition) is 2. The fourth-order valence-corrected chi connectivity index (χ4v) is 5.32.